The minimum Gasteiger partial charge on any atom is -0.348 e. The summed E-state index contributed by atoms with van der Waals surface area (Å²) in [6.07, 6.45) is 11.0. The number of hydrogen-bond donors (Lipinski definition) is 1. The second-order valence-corrected chi connectivity index (χ2v) is 11.0. The van der Waals surface area contributed by atoms with Crippen molar-refractivity contribution < 1.29 is 4.79 Å². The summed E-state index contributed by atoms with van der Waals surface area (Å²) in [5.41, 5.74) is 3.51. The fourth-order valence-corrected chi connectivity index (χ4v) is 5.67. The zero-order valence-corrected chi connectivity index (χ0v) is 21.1. The van der Waals surface area contributed by atoms with Crippen LogP contribution in [0.15, 0.2) is 53.9 Å². The van der Waals surface area contributed by atoms with Crippen LogP contribution in [0.5, 0.6) is 0 Å². The molecule has 3 aliphatic rings. The van der Waals surface area contributed by atoms with E-state index < -0.39 is 0 Å². The van der Waals surface area contributed by atoms with Gasteiger partial charge in [-0.3, -0.25) is 14.7 Å². The van der Waals surface area contributed by atoms with Crippen LogP contribution in [0.25, 0.3) is 0 Å². The van der Waals surface area contributed by atoms with Gasteiger partial charge in [0.1, 0.15) is 5.82 Å². The van der Waals surface area contributed by atoms with Crippen LogP contribution >= 0.6 is 0 Å². The van der Waals surface area contributed by atoms with E-state index in [2.05, 4.69) is 56.8 Å². The van der Waals surface area contributed by atoms with Gasteiger partial charge in [0.2, 0.25) is 0 Å². The second-order valence-electron chi connectivity index (χ2n) is 11.0. The quantitative estimate of drug-likeness (QED) is 0.597. The molecule has 35 heavy (non-hydrogen) atoms. The van der Waals surface area contributed by atoms with Crippen molar-refractivity contribution >= 4 is 11.6 Å². The van der Waals surface area contributed by atoms with Crippen LogP contribution in [0.4, 0.5) is 0 Å². The van der Waals surface area contributed by atoms with Crippen molar-refractivity contribution in [2.24, 2.45) is 16.3 Å². The molecule has 1 aromatic heterocycles. The predicted molar refractivity (Wildman–Crippen MR) is 139 cm³/mol. The van der Waals surface area contributed by atoms with E-state index in [-0.39, 0.29) is 5.91 Å². The average Bonchev–Trinajstić information content (AvgIpc) is 3.52. The lowest BCUT2D eigenvalue weighted by atomic mass is 9.71. The number of imidazole rings is 1. The highest BCUT2D eigenvalue weighted by molar-refractivity contribution is 5.95. The Kier molecular flexibility index (Phi) is 7.16. The molecule has 7 heteroatoms. The molecular formula is C28H38N6O. The van der Waals surface area contributed by atoms with Crippen LogP contribution < -0.4 is 0 Å². The summed E-state index contributed by atoms with van der Waals surface area (Å²) in [6, 6.07) is 8.18. The van der Waals surface area contributed by atoms with E-state index in [4.69, 9.17) is 0 Å². The number of nitrogens with zero attached hydrogens (tertiary/aromatic N) is 5. The third kappa shape index (κ3) is 5.90. The summed E-state index contributed by atoms with van der Waals surface area (Å²) >= 11 is 0. The van der Waals surface area contributed by atoms with Gasteiger partial charge in [-0.2, -0.15) is 0 Å². The number of hydrogen-bond acceptors (Lipinski definition) is 5. The van der Waals surface area contributed by atoms with Gasteiger partial charge in [-0.05, 0) is 49.5 Å². The summed E-state index contributed by atoms with van der Waals surface area (Å²) in [4.78, 5) is 32.2. The topological polar surface area (TPSA) is 67.8 Å². The normalized spacial score (nSPS) is 19.5. The third-order valence-corrected chi connectivity index (χ3v) is 7.54. The fourth-order valence-electron chi connectivity index (χ4n) is 5.67. The molecule has 1 N–H and O–H groups in total. The molecule has 5 rings (SSSR count). The second kappa shape index (κ2) is 10.5. The van der Waals surface area contributed by atoms with E-state index in [1.165, 1.54) is 43.8 Å². The molecule has 1 spiro atoms. The maximum absolute atomic E-state index is 13.1. The molecule has 7 nitrogen and oxygen atoms in total. The number of benzene rings is 1. The molecule has 1 aromatic carbocycles. The first kappa shape index (κ1) is 23.9. The molecule has 1 amide bonds. The summed E-state index contributed by atoms with van der Waals surface area (Å²) in [7, 11) is 0. The van der Waals surface area contributed by atoms with Crippen molar-refractivity contribution in [3.8, 4) is 0 Å². The third-order valence-electron chi connectivity index (χ3n) is 7.54. The van der Waals surface area contributed by atoms with Gasteiger partial charge < -0.3 is 14.8 Å². The number of carbonyl (C=O) groups excluding carboxylic acids is 1. The zero-order valence-electron chi connectivity index (χ0n) is 21.1. The number of amides is 1. The molecule has 0 aliphatic carbocycles. The Labute approximate surface area is 208 Å². The molecule has 0 unspecified atom stereocenters. The van der Waals surface area contributed by atoms with Crippen molar-refractivity contribution in [3.05, 3.63) is 65.9 Å². The molecule has 2 saturated heterocycles. The Bertz CT molecular complexity index is 1040. The maximum Gasteiger partial charge on any atom is 0.253 e. The SMILES string of the molecule is CC(C)CN1CCC2(CC1)CN(C(=O)c1ccc(CN(CC3=NC=CC3)Cc3ncc[nH]3)cc1)C2. The molecule has 0 radical (unpaired) electrons. The smallest absolute Gasteiger partial charge is 0.253 e. The van der Waals surface area contributed by atoms with Crippen LogP contribution in [0, 0.1) is 11.3 Å². The van der Waals surface area contributed by atoms with E-state index >= 15 is 0 Å². The number of piperidine rings is 1. The van der Waals surface area contributed by atoms with E-state index in [0.717, 1.165) is 56.5 Å². The molecule has 0 atom stereocenters. The van der Waals surface area contributed by atoms with E-state index in [1.54, 1.807) is 6.20 Å². The van der Waals surface area contributed by atoms with Crippen molar-refractivity contribution in [1.29, 1.82) is 0 Å². The summed E-state index contributed by atoms with van der Waals surface area (Å²) in [6.45, 7) is 12.3. The summed E-state index contributed by atoms with van der Waals surface area (Å²) < 4.78 is 0. The van der Waals surface area contributed by atoms with Gasteiger partial charge in [0.05, 0.1) is 6.54 Å². The fraction of sp³-hybridized carbons (Fsp3) is 0.536. The molecule has 3 aliphatic heterocycles. The summed E-state index contributed by atoms with van der Waals surface area (Å²) in [5, 5.41) is 0. The molecule has 0 bridgehead atoms. The van der Waals surface area contributed by atoms with Crippen molar-refractivity contribution in [2.75, 3.05) is 39.3 Å². The number of H-pyrrole nitrogens is 1. The van der Waals surface area contributed by atoms with Gasteiger partial charge in [0, 0.05) is 74.4 Å². The van der Waals surface area contributed by atoms with Gasteiger partial charge in [-0.15, -0.1) is 0 Å². The highest BCUT2D eigenvalue weighted by atomic mass is 16.2. The van der Waals surface area contributed by atoms with Crippen LogP contribution in [0.1, 0.15) is 54.9 Å². The van der Waals surface area contributed by atoms with E-state index in [0.29, 0.717) is 5.41 Å². The molecule has 2 aromatic rings. The Hall–Kier alpha value is -2.77. The van der Waals surface area contributed by atoms with Crippen molar-refractivity contribution in [2.45, 2.75) is 46.2 Å². The Morgan fingerprint density at radius 3 is 2.51 bits per heavy atom. The Morgan fingerprint density at radius 2 is 1.89 bits per heavy atom. The van der Waals surface area contributed by atoms with Crippen LogP contribution in [0.3, 0.4) is 0 Å². The zero-order chi connectivity index (χ0) is 24.3. The average molecular weight is 475 g/mol. The van der Waals surface area contributed by atoms with Crippen molar-refractivity contribution in [1.82, 2.24) is 24.7 Å². The maximum atomic E-state index is 13.1. The lowest BCUT2D eigenvalue weighted by Crippen LogP contribution is -2.62. The molecule has 4 heterocycles. The Morgan fingerprint density at radius 1 is 1.11 bits per heavy atom. The van der Waals surface area contributed by atoms with Crippen LogP contribution in [0.2, 0.25) is 0 Å². The first-order valence-electron chi connectivity index (χ1n) is 13.0. The van der Waals surface area contributed by atoms with E-state index in [9.17, 15) is 4.79 Å². The molecule has 0 saturated carbocycles. The minimum atomic E-state index is 0.172. The Balaban J connectivity index is 1.14. The van der Waals surface area contributed by atoms with Crippen LogP contribution in [-0.4, -0.2) is 75.6 Å². The number of likely N-dealkylation sites (tertiary alicyclic amines) is 2. The number of aliphatic imine (C=N–C) groups is 1. The molecule has 2 fully saturated rings. The lowest BCUT2D eigenvalue weighted by Gasteiger charge is -2.54. The van der Waals surface area contributed by atoms with E-state index in [1.807, 2.05) is 29.4 Å². The number of allylic oxidation sites excluding steroid dienone is 1. The number of carbonyl (C=O) groups is 1. The number of rotatable bonds is 9. The first-order chi connectivity index (χ1) is 17.0. The predicted octanol–water partition coefficient (Wildman–Crippen LogP) is 3.96. The largest absolute Gasteiger partial charge is 0.348 e. The number of nitrogens with one attached hydrogen (secondary N) is 1. The number of aromatic amines is 1. The molecular weight excluding hydrogens is 436 g/mol. The monoisotopic (exact) mass is 474 g/mol. The summed E-state index contributed by atoms with van der Waals surface area (Å²) in [5.74, 6) is 1.84. The van der Waals surface area contributed by atoms with Gasteiger partial charge in [0.25, 0.3) is 5.91 Å². The minimum absolute atomic E-state index is 0.172. The lowest BCUT2D eigenvalue weighted by molar-refractivity contribution is -0.0337. The first-order valence-corrected chi connectivity index (χ1v) is 13.0. The van der Waals surface area contributed by atoms with Gasteiger partial charge >= 0.3 is 0 Å². The number of aromatic nitrogens is 2. The van der Waals surface area contributed by atoms with Gasteiger partial charge in [0.15, 0.2) is 0 Å². The standard InChI is InChI=1S/C28H38N6O/c1-22(2)16-32-14-9-28(10-15-32)20-34(21-28)27(35)24-7-5-23(6-8-24)17-33(18-25-4-3-11-29-25)19-26-30-12-13-31-26/h3,5-8,11-13,22H,4,9-10,14-21H2,1-2H3,(H,30,31). The highest BCUT2D eigenvalue weighted by Gasteiger charge is 2.46. The molecule has 186 valence electrons. The van der Waals surface area contributed by atoms with Crippen LogP contribution in [-0.2, 0) is 13.1 Å². The van der Waals surface area contributed by atoms with Gasteiger partial charge in [-0.25, -0.2) is 4.98 Å². The van der Waals surface area contributed by atoms with Crippen molar-refractivity contribution in [3.63, 3.8) is 0 Å². The van der Waals surface area contributed by atoms with Gasteiger partial charge in [-0.1, -0.05) is 32.1 Å². The highest BCUT2D eigenvalue weighted by Crippen LogP contribution is 2.41.